The van der Waals surface area contributed by atoms with Gasteiger partial charge in [-0.15, -0.1) is 0 Å². The van der Waals surface area contributed by atoms with Crippen molar-refractivity contribution in [1.82, 2.24) is 4.90 Å². The topological polar surface area (TPSA) is 78.6 Å². The average Bonchev–Trinajstić information content (AvgIpc) is 2.39. The van der Waals surface area contributed by atoms with Gasteiger partial charge in [-0.3, -0.25) is 4.79 Å². The zero-order chi connectivity index (χ0) is 15.0. The monoisotopic (exact) mass is 279 g/mol. The number of aliphatic hydroxyl groups excluding tert-OH is 1. The van der Waals surface area contributed by atoms with Crippen molar-refractivity contribution in [3.63, 3.8) is 0 Å². The van der Waals surface area contributed by atoms with Gasteiger partial charge in [-0.2, -0.15) is 0 Å². The first kappa shape index (κ1) is 16.5. The van der Waals surface area contributed by atoms with Crippen molar-refractivity contribution in [2.75, 3.05) is 31.2 Å². The molecule has 1 rings (SSSR count). The normalized spacial score (nSPS) is 12.4. The summed E-state index contributed by atoms with van der Waals surface area (Å²) in [6.07, 6.45) is 1.78. The number of carbonyl (C=O) groups excluding carboxylic acids is 1. The van der Waals surface area contributed by atoms with Gasteiger partial charge in [0.15, 0.2) is 0 Å². The van der Waals surface area contributed by atoms with Crippen LogP contribution in [0.1, 0.15) is 26.2 Å². The first-order valence-electron chi connectivity index (χ1n) is 6.99. The van der Waals surface area contributed by atoms with E-state index in [0.29, 0.717) is 12.1 Å². The number of nitrogens with zero attached hydrogens (tertiary/aromatic N) is 1. The Morgan fingerprint density at radius 1 is 1.35 bits per heavy atom. The van der Waals surface area contributed by atoms with E-state index in [1.54, 1.807) is 31.2 Å². The summed E-state index contributed by atoms with van der Waals surface area (Å²) in [6, 6.07) is 7.11. The summed E-state index contributed by atoms with van der Waals surface area (Å²) in [6.45, 7) is 3.48. The number of amides is 1. The Labute approximate surface area is 120 Å². The maximum Gasteiger partial charge on any atom is 0.224 e. The molecular weight excluding hydrogens is 254 g/mol. The quantitative estimate of drug-likeness (QED) is 0.633. The second-order valence-corrected chi connectivity index (χ2v) is 5.21. The van der Waals surface area contributed by atoms with Gasteiger partial charge in [-0.05, 0) is 57.6 Å². The van der Waals surface area contributed by atoms with Crippen LogP contribution in [0.5, 0.6) is 0 Å². The molecule has 0 spiro atoms. The van der Waals surface area contributed by atoms with Crippen molar-refractivity contribution in [3.05, 3.63) is 24.3 Å². The predicted octanol–water partition coefficient (Wildman–Crippen LogP) is 1.69. The Morgan fingerprint density at radius 3 is 2.60 bits per heavy atom. The first-order valence-corrected chi connectivity index (χ1v) is 6.99. The van der Waals surface area contributed by atoms with Gasteiger partial charge in [0.25, 0.3) is 0 Å². The van der Waals surface area contributed by atoms with Crippen LogP contribution in [0.3, 0.4) is 0 Å². The molecule has 1 unspecified atom stereocenters. The molecule has 0 aliphatic rings. The van der Waals surface area contributed by atoms with Gasteiger partial charge in [0.1, 0.15) is 0 Å². The fourth-order valence-electron chi connectivity index (χ4n) is 1.82. The zero-order valence-electron chi connectivity index (χ0n) is 12.3. The number of nitrogens with two attached hydrogens (primary N) is 1. The summed E-state index contributed by atoms with van der Waals surface area (Å²) in [7, 11) is 2.00. The lowest BCUT2D eigenvalue weighted by Crippen LogP contribution is -2.24. The Bertz CT molecular complexity index is 404. The molecule has 1 aromatic rings. The number of rotatable bonds is 8. The molecule has 20 heavy (non-hydrogen) atoms. The number of benzene rings is 1. The highest BCUT2D eigenvalue weighted by atomic mass is 16.3. The Morgan fingerprint density at radius 2 is 2.00 bits per heavy atom. The molecule has 0 saturated carbocycles. The Hall–Kier alpha value is -1.59. The van der Waals surface area contributed by atoms with Gasteiger partial charge in [-0.1, -0.05) is 0 Å². The highest BCUT2D eigenvalue weighted by Gasteiger charge is 2.05. The summed E-state index contributed by atoms with van der Waals surface area (Å²) in [5.74, 6) is 0.0127. The van der Waals surface area contributed by atoms with E-state index in [4.69, 9.17) is 5.73 Å². The van der Waals surface area contributed by atoms with Crippen molar-refractivity contribution in [3.8, 4) is 0 Å². The Kier molecular flexibility index (Phi) is 7.04. The smallest absolute Gasteiger partial charge is 0.224 e. The van der Waals surface area contributed by atoms with Gasteiger partial charge in [0.05, 0.1) is 6.10 Å². The molecule has 0 aliphatic heterocycles. The second kappa shape index (κ2) is 8.55. The van der Waals surface area contributed by atoms with Gasteiger partial charge >= 0.3 is 0 Å². The van der Waals surface area contributed by atoms with Crippen molar-refractivity contribution < 1.29 is 9.90 Å². The van der Waals surface area contributed by atoms with Crippen LogP contribution < -0.4 is 11.1 Å². The van der Waals surface area contributed by atoms with Crippen LogP contribution in [0, 0.1) is 0 Å². The lowest BCUT2D eigenvalue weighted by molar-refractivity contribution is -0.116. The third-order valence-corrected chi connectivity index (χ3v) is 3.07. The molecule has 4 N–H and O–H groups in total. The third-order valence-electron chi connectivity index (χ3n) is 3.07. The minimum Gasteiger partial charge on any atom is -0.399 e. The number of hydrogen-bond donors (Lipinski definition) is 3. The summed E-state index contributed by atoms with van der Waals surface area (Å²) >= 11 is 0. The molecule has 0 aromatic heterocycles. The molecule has 1 amide bonds. The molecule has 5 heteroatoms. The summed E-state index contributed by atoms with van der Waals surface area (Å²) in [5, 5.41) is 12.0. The molecule has 0 saturated heterocycles. The molecule has 112 valence electrons. The van der Waals surface area contributed by atoms with Crippen LogP contribution in [-0.4, -0.2) is 42.2 Å². The van der Waals surface area contributed by atoms with Crippen LogP contribution in [0.4, 0.5) is 11.4 Å². The molecule has 0 aliphatic carbocycles. The third kappa shape index (κ3) is 7.11. The molecule has 0 fully saturated rings. The van der Waals surface area contributed by atoms with E-state index in [0.717, 1.165) is 31.6 Å². The molecule has 0 bridgehead atoms. The highest BCUT2D eigenvalue weighted by molar-refractivity contribution is 5.90. The van der Waals surface area contributed by atoms with E-state index < -0.39 is 0 Å². The molecule has 5 nitrogen and oxygen atoms in total. The molecule has 0 heterocycles. The van der Waals surface area contributed by atoms with Crippen molar-refractivity contribution in [2.45, 2.75) is 32.3 Å². The van der Waals surface area contributed by atoms with Gasteiger partial charge < -0.3 is 21.1 Å². The molecule has 1 aromatic carbocycles. The van der Waals surface area contributed by atoms with E-state index in [-0.39, 0.29) is 12.0 Å². The standard InChI is InChI=1S/C15H25N3O2/c1-12(19)9-11-18(2)10-3-4-15(20)17-14-7-5-13(16)6-8-14/h5-8,12,19H,3-4,9-11,16H2,1-2H3,(H,17,20). The maximum atomic E-state index is 11.7. The lowest BCUT2D eigenvalue weighted by atomic mass is 10.2. The zero-order valence-corrected chi connectivity index (χ0v) is 12.3. The number of carbonyl (C=O) groups is 1. The van der Waals surface area contributed by atoms with Crippen molar-refractivity contribution in [1.29, 1.82) is 0 Å². The SMILES string of the molecule is CC(O)CCN(C)CCCC(=O)Nc1ccc(N)cc1. The minimum absolute atomic E-state index is 0.0127. The molecule has 0 radical (unpaired) electrons. The van der Waals surface area contributed by atoms with Crippen LogP contribution in [0.25, 0.3) is 0 Å². The second-order valence-electron chi connectivity index (χ2n) is 5.21. The first-order chi connectivity index (χ1) is 9.47. The number of anilines is 2. The average molecular weight is 279 g/mol. The Balaban J connectivity index is 2.18. The number of hydrogen-bond acceptors (Lipinski definition) is 4. The van der Waals surface area contributed by atoms with Crippen LogP contribution >= 0.6 is 0 Å². The number of aliphatic hydroxyl groups is 1. The van der Waals surface area contributed by atoms with Crippen molar-refractivity contribution >= 4 is 17.3 Å². The van der Waals surface area contributed by atoms with E-state index >= 15 is 0 Å². The largest absolute Gasteiger partial charge is 0.399 e. The van der Waals surface area contributed by atoms with Gasteiger partial charge in [-0.25, -0.2) is 0 Å². The van der Waals surface area contributed by atoms with Crippen LogP contribution in [0.15, 0.2) is 24.3 Å². The summed E-state index contributed by atoms with van der Waals surface area (Å²) < 4.78 is 0. The fourth-order valence-corrected chi connectivity index (χ4v) is 1.82. The van der Waals surface area contributed by atoms with Gasteiger partial charge in [0.2, 0.25) is 5.91 Å². The molecule has 1 atom stereocenters. The predicted molar refractivity (Wildman–Crippen MR) is 82.5 cm³/mol. The van der Waals surface area contributed by atoms with Crippen LogP contribution in [0.2, 0.25) is 0 Å². The van der Waals surface area contributed by atoms with Crippen molar-refractivity contribution in [2.24, 2.45) is 0 Å². The molecular formula is C15H25N3O2. The number of nitrogens with one attached hydrogen (secondary N) is 1. The minimum atomic E-state index is -0.272. The summed E-state index contributed by atoms with van der Waals surface area (Å²) in [4.78, 5) is 13.9. The highest BCUT2D eigenvalue weighted by Crippen LogP contribution is 2.11. The van der Waals surface area contributed by atoms with Crippen LogP contribution in [-0.2, 0) is 4.79 Å². The van der Waals surface area contributed by atoms with E-state index in [1.807, 2.05) is 7.05 Å². The maximum absolute atomic E-state index is 11.7. The summed E-state index contributed by atoms with van der Waals surface area (Å²) in [5.41, 5.74) is 7.04. The van der Waals surface area contributed by atoms with E-state index in [1.165, 1.54) is 0 Å². The number of nitrogen functional groups attached to an aromatic ring is 1. The van der Waals surface area contributed by atoms with Gasteiger partial charge in [0, 0.05) is 24.3 Å². The fraction of sp³-hybridized carbons (Fsp3) is 0.533. The van der Waals surface area contributed by atoms with E-state index in [9.17, 15) is 9.90 Å². The van der Waals surface area contributed by atoms with E-state index in [2.05, 4.69) is 10.2 Å². The lowest BCUT2D eigenvalue weighted by Gasteiger charge is -2.17.